The number of thiazole rings is 1. The van der Waals surface area contributed by atoms with Crippen molar-refractivity contribution in [1.29, 1.82) is 0 Å². The van der Waals surface area contributed by atoms with Crippen molar-refractivity contribution in [1.82, 2.24) is 10.3 Å². The quantitative estimate of drug-likeness (QED) is 0.516. The lowest BCUT2D eigenvalue weighted by Gasteiger charge is -2.23. The van der Waals surface area contributed by atoms with Gasteiger partial charge >= 0.3 is 6.09 Å². The Morgan fingerprint density at radius 3 is 2.64 bits per heavy atom. The van der Waals surface area contributed by atoms with Gasteiger partial charge in [-0.05, 0) is 20.8 Å². The number of alkyl carbamates (subject to hydrolysis) is 1. The average Bonchev–Trinajstić information content (AvgIpc) is 3.08. The molecule has 2 aromatic rings. The zero-order valence-electron chi connectivity index (χ0n) is 16.2. The number of nitrogens with zero attached hydrogens (tertiary/aromatic N) is 1. The Morgan fingerprint density at radius 1 is 1.29 bits per heavy atom. The van der Waals surface area contributed by atoms with E-state index in [9.17, 15) is 9.59 Å². The van der Waals surface area contributed by atoms with E-state index in [0.717, 1.165) is 11.3 Å². The van der Waals surface area contributed by atoms with Crippen molar-refractivity contribution in [3.05, 3.63) is 48.4 Å². The maximum absolute atomic E-state index is 12.6. The molecule has 1 heterocycles. The van der Waals surface area contributed by atoms with Crippen molar-refractivity contribution in [2.24, 2.45) is 0 Å². The fraction of sp³-hybridized carbons (Fsp3) is 0.350. The second-order valence-electron chi connectivity index (χ2n) is 6.92. The van der Waals surface area contributed by atoms with Crippen LogP contribution in [0.2, 0.25) is 0 Å². The molecule has 0 fully saturated rings. The smallest absolute Gasteiger partial charge is 0.408 e. The van der Waals surface area contributed by atoms with Gasteiger partial charge in [-0.1, -0.05) is 36.4 Å². The minimum absolute atomic E-state index is 0.0198. The van der Waals surface area contributed by atoms with E-state index in [1.54, 1.807) is 26.8 Å². The zero-order chi connectivity index (χ0) is 20.6. The first-order valence-electron chi connectivity index (χ1n) is 8.78. The van der Waals surface area contributed by atoms with Gasteiger partial charge in [0.25, 0.3) is 5.91 Å². The summed E-state index contributed by atoms with van der Waals surface area (Å²) in [5, 5.41) is 7.55. The first-order valence-corrected chi connectivity index (χ1v) is 9.66. The van der Waals surface area contributed by atoms with Gasteiger partial charge in [-0.15, -0.1) is 17.9 Å². The largest absolute Gasteiger partial charge is 0.444 e. The molecule has 0 aliphatic heterocycles. The molecular formula is C20H25N3O4S. The van der Waals surface area contributed by atoms with E-state index >= 15 is 0 Å². The van der Waals surface area contributed by atoms with E-state index in [1.807, 2.05) is 35.7 Å². The molecule has 0 saturated carbocycles. The molecule has 28 heavy (non-hydrogen) atoms. The Hall–Kier alpha value is -2.71. The lowest BCUT2D eigenvalue weighted by atomic mass is 10.2. The van der Waals surface area contributed by atoms with Gasteiger partial charge in [0.15, 0.2) is 5.13 Å². The van der Waals surface area contributed by atoms with Gasteiger partial charge in [0.2, 0.25) is 0 Å². The lowest BCUT2D eigenvalue weighted by molar-refractivity contribution is -0.119. The van der Waals surface area contributed by atoms with Gasteiger partial charge in [-0.25, -0.2) is 9.78 Å². The van der Waals surface area contributed by atoms with Crippen molar-refractivity contribution in [2.75, 3.05) is 18.5 Å². The molecule has 0 aliphatic carbocycles. The van der Waals surface area contributed by atoms with Gasteiger partial charge < -0.3 is 20.1 Å². The number of amides is 2. The van der Waals surface area contributed by atoms with E-state index < -0.39 is 23.6 Å². The van der Waals surface area contributed by atoms with Crippen molar-refractivity contribution in [3.63, 3.8) is 0 Å². The Kier molecular flexibility index (Phi) is 7.71. The summed E-state index contributed by atoms with van der Waals surface area (Å²) in [4.78, 5) is 29.1. The standard InChI is InChI=1S/C20H25N3O4S/c1-5-11-26-12-15(22-19(25)27-20(2,3)4)17(24)23-18-21-16(13-28-18)14-9-7-6-8-10-14/h5-10,13,15H,1,11-12H2,2-4H3,(H,22,25)(H,21,23,24)/t15-/m0/s1. The summed E-state index contributed by atoms with van der Waals surface area (Å²) in [6, 6.07) is 8.72. The molecule has 150 valence electrons. The molecule has 2 amide bonds. The van der Waals surface area contributed by atoms with Gasteiger partial charge in [0, 0.05) is 10.9 Å². The van der Waals surface area contributed by atoms with Crippen LogP contribution in [0.1, 0.15) is 20.8 Å². The summed E-state index contributed by atoms with van der Waals surface area (Å²) in [6.45, 7) is 9.04. The van der Waals surface area contributed by atoms with Crippen LogP contribution in [0.5, 0.6) is 0 Å². The second-order valence-corrected chi connectivity index (χ2v) is 7.78. The van der Waals surface area contributed by atoms with Crippen LogP contribution in [0.25, 0.3) is 11.3 Å². The third-order valence-electron chi connectivity index (χ3n) is 3.33. The number of aromatic nitrogens is 1. The molecule has 0 aliphatic rings. The summed E-state index contributed by atoms with van der Waals surface area (Å²) in [5.74, 6) is -0.441. The Morgan fingerprint density at radius 2 is 2.00 bits per heavy atom. The molecule has 0 bridgehead atoms. The van der Waals surface area contributed by atoms with Crippen LogP contribution in [0.3, 0.4) is 0 Å². The molecular weight excluding hydrogens is 378 g/mol. The summed E-state index contributed by atoms with van der Waals surface area (Å²) in [6.07, 6.45) is 0.869. The molecule has 7 nitrogen and oxygen atoms in total. The highest BCUT2D eigenvalue weighted by Crippen LogP contribution is 2.24. The number of ether oxygens (including phenoxy) is 2. The number of hydrogen-bond donors (Lipinski definition) is 2. The third kappa shape index (κ3) is 7.13. The van der Waals surface area contributed by atoms with Gasteiger partial charge in [-0.3, -0.25) is 4.79 Å². The number of rotatable bonds is 8. The number of hydrogen-bond acceptors (Lipinski definition) is 6. The van der Waals surface area contributed by atoms with Crippen LogP contribution in [0, 0.1) is 0 Å². The van der Waals surface area contributed by atoms with E-state index in [1.165, 1.54) is 11.3 Å². The Balaban J connectivity index is 2.03. The van der Waals surface area contributed by atoms with E-state index in [4.69, 9.17) is 9.47 Å². The van der Waals surface area contributed by atoms with Gasteiger partial charge in [0.05, 0.1) is 18.9 Å². The number of benzene rings is 1. The molecule has 1 aromatic heterocycles. The van der Waals surface area contributed by atoms with Crippen molar-refractivity contribution >= 4 is 28.5 Å². The fourth-order valence-corrected chi connectivity index (χ4v) is 2.89. The Labute approximate surface area is 168 Å². The van der Waals surface area contributed by atoms with Crippen LogP contribution in [-0.4, -0.2) is 41.8 Å². The number of carbonyl (C=O) groups excluding carboxylic acids is 2. The molecule has 0 radical (unpaired) electrons. The minimum Gasteiger partial charge on any atom is -0.444 e. The Bertz CT molecular complexity index is 799. The molecule has 0 unspecified atom stereocenters. The highest BCUT2D eigenvalue weighted by molar-refractivity contribution is 7.14. The highest BCUT2D eigenvalue weighted by Gasteiger charge is 2.25. The summed E-state index contributed by atoms with van der Waals surface area (Å²) in [5.41, 5.74) is 1.05. The summed E-state index contributed by atoms with van der Waals surface area (Å²) >= 11 is 1.30. The van der Waals surface area contributed by atoms with Crippen LogP contribution in [0.15, 0.2) is 48.4 Å². The van der Waals surface area contributed by atoms with E-state index in [0.29, 0.717) is 5.13 Å². The van der Waals surface area contributed by atoms with Crippen molar-refractivity contribution in [2.45, 2.75) is 32.4 Å². The fourth-order valence-electron chi connectivity index (χ4n) is 2.17. The maximum atomic E-state index is 12.6. The van der Waals surface area contributed by atoms with Crippen LogP contribution < -0.4 is 10.6 Å². The summed E-state index contributed by atoms with van der Waals surface area (Å²) in [7, 11) is 0. The molecule has 2 N–H and O–H groups in total. The average molecular weight is 404 g/mol. The highest BCUT2D eigenvalue weighted by atomic mass is 32.1. The predicted octanol–water partition coefficient (Wildman–Crippen LogP) is 3.84. The lowest BCUT2D eigenvalue weighted by Crippen LogP contribution is -2.48. The van der Waals surface area contributed by atoms with Crippen LogP contribution >= 0.6 is 11.3 Å². The molecule has 8 heteroatoms. The topological polar surface area (TPSA) is 89.5 Å². The molecule has 2 rings (SSSR count). The second kappa shape index (κ2) is 10.0. The number of nitrogens with one attached hydrogen (secondary N) is 2. The monoisotopic (exact) mass is 403 g/mol. The normalized spacial score (nSPS) is 12.1. The van der Waals surface area contributed by atoms with Crippen LogP contribution in [-0.2, 0) is 14.3 Å². The summed E-state index contributed by atoms with van der Waals surface area (Å²) < 4.78 is 10.6. The minimum atomic E-state index is -0.932. The molecule has 1 atom stereocenters. The van der Waals surface area contributed by atoms with Crippen LogP contribution in [0.4, 0.5) is 9.93 Å². The zero-order valence-corrected chi connectivity index (χ0v) is 17.0. The van der Waals surface area contributed by atoms with E-state index in [2.05, 4.69) is 22.2 Å². The number of carbonyl (C=O) groups is 2. The predicted molar refractivity (Wildman–Crippen MR) is 110 cm³/mol. The van der Waals surface area contributed by atoms with E-state index in [-0.39, 0.29) is 13.2 Å². The number of anilines is 1. The molecule has 0 saturated heterocycles. The molecule has 0 spiro atoms. The SMILES string of the molecule is C=CCOC[C@H](NC(=O)OC(C)(C)C)C(=O)Nc1nc(-c2ccccc2)cs1. The van der Waals surface area contributed by atoms with Crippen molar-refractivity contribution in [3.8, 4) is 11.3 Å². The van der Waals surface area contributed by atoms with Gasteiger partial charge in [0.1, 0.15) is 11.6 Å². The van der Waals surface area contributed by atoms with Crippen molar-refractivity contribution < 1.29 is 19.1 Å². The molecule has 1 aromatic carbocycles. The first kappa shape index (κ1) is 21.6. The maximum Gasteiger partial charge on any atom is 0.408 e. The third-order valence-corrected chi connectivity index (χ3v) is 4.09. The van der Waals surface area contributed by atoms with Gasteiger partial charge in [-0.2, -0.15) is 0 Å². The first-order chi connectivity index (χ1) is 13.3.